The van der Waals surface area contributed by atoms with Gasteiger partial charge in [0, 0.05) is 111 Å². The number of nitrogens with one attached hydrogen (secondary N) is 10. The average Bonchev–Trinajstić information content (AvgIpc) is 1.57. The third-order valence-corrected chi connectivity index (χ3v) is 20.4. The molecular weight excluding hydrogens is 1370 g/mol. The molecule has 36 heteroatoms. The Balaban J connectivity index is 0.756. The van der Waals surface area contributed by atoms with Gasteiger partial charge in [-0.3, -0.25) is 68.1 Å². The van der Waals surface area contributed by atoms with Crippen LogP contribution in [0.3, 0.4) is 0 Å². The van der Waals surface area contributed by atoms with Crippen LogP contribution < -0.4 is 48.7 Å². The van der Waals surface area contributed by atoms with Crippen LogP contribution in [0.15, 0.2) is 53.5 Å². The molecule has 33 nitrogen and oxygen atoms in total. The fraction of sp³-hybridized carbons (Fsp3) is 0.415. The van der Waals surface area contributed by atoms with E-state index in [1.165, 1.54) is 20.2 Å². The van der Waals surface area contributed by atoms with Gasteiger partial charge >= 0.3 is 18.0 Å². The summed E-state index contributed by atoms with van der Waals surface area (Å²) in [6, 6.07) is 8.11. The molecule has 0 saturated heterocycles. The van der Waals surface area contributed by atoms with Gasteiger partial charge in [0.05, 0.1) is 54.4 Å². The number of anilines is 2. The number of nitrogen functional groups attached to an aromatic ring is 1. The van der Waals surface area contributed by atoms with Crippen molar-refractivity contribution in [3.63, 3.8) is 0 Å². The van der Waals surface area contributed by atoms with E-state index in [2.05, 4.69) is 81.2 Å². The van der Waals surface area contributed by atoms with Crippen LogP contribution in [0.25, 0.3) is 33.2 Å². The number of hydrogen-bond donors (Lipinski definition) is 13. The highest BCUT2D eigenvalue weighted by Crippen LogP contribution is 2.45. The van der Waals surface area contributed by atoms with Crippen LogP contribution in [0.4, 0.5) is 16.4 Å². The molecule has 14 N–H and O–H groups in total. The number of carboxylic acids is 1. The van der Waals surface area contributed by atoms with Gasteiger partial charge in [-0.1, -0.05) is 35.4 Å². The zero-order valence-corrected chi connectivity index (χ0v) is 58.4. The van der Waals surface area contributed by atoms with Crippen molar-refractivity contribution in [2.75, 3.05) is 48.6 Å². The number of fused-ring (bicyclic) bond motifs is 9. The predicted octanol–water partition coefficient (Wildman–Crippen LogP) is 4.40. The lowest BCUT2D eigenvalue weighted by Gasteiger charge is -2.21. The van der Waals surface area contributed by atoms with Crippen molar-refractivity contribution in [3.8, 4) is 0 Å². The SMILES string of the molecule is CC[C@H]1c2cc3[nH]c4c(c3C)C(=O)C(C(=O)OC)c4c3nc(cc4[nH]c(cc(n2)[C@@H]1C)c(C(C)=O)c4C)C[C@@H]3CCC(=O)NNC(=O)OCCSSC[C@H](NC(=O)[C@H](CC(=O)NCCS(=O)(=O)O)NC(=O)CC[C@@H](C)NC(=O)c1ccc(NCc2cnc3nc(N)[nH]c(=O)c3n2)cc1)C(=O)O. The monoisotopic (exact) mass is 1450 g/mol. The normalized spacial score (nSPS) is 16.3. The third kappa shape index (κ3) is 18.6. The van der Waals surface area contributed by atoms with Crippen molar-refractivity contribution in [1.29, 1.82) is 0 Å². The second kappa shape index (κ2) is 32.8. The van der Waals surface area contributed by atoms with Crippen LogP contribution in [0.2, 0.25) is 0 Å². The lowest BCUT2D eigenvalue weighted by atomic mass is 9.89. The Labute approximate surface area is 584 Å². The number of carbonyl (C=O) groups is 10. The summed E-state index contributed by atoms with van der Waals surface area (Å²) >= 11 is 0. The fourth-order valence-corrected chi connectivity index (χ4v) is 14.5. The number of H-pyrrole nitrogens is 3. The molecule has 0 radical (unpaired) electrons. The van der Waals surface area contributed by atoms with Crippen molar-refractivity contribution < 1.29 is 75.5 Å². The molecule has 0 saturated carbocycles. The highest BCUT2D eigenvalue weighted by molar-refractivity contribution is 8.76. The maximum absolute atomic E-state index is 14.4. The van der Waals surface area contributed by atoms with E-state index in [0.717, 1.165) is 39.4 Å². The number of esters is 1. The molecule has 8 bridgehead atoms. The van der Waals surface area contributed by atoms with Gasteiger partial charge in [0.15, 0.2) is 22.7 Å². The van der Waals surface area contributed by atoms with Crippen LogP contribution in [-0.4, -0.2) is 173 Å². The summed E-state index contributed by atoms with van der Waals surface area (Å²) in [5, 5.41) is 22.9. The summed E-state index contributed by atoms with van der Waals surface area (Å²) in [7, 11) is -1.28. The lowest BCUT2D eigenvalue weighted by Crippen LogP contribution is -2.53. The Bertz CT molecular complexity index is 4640. The molecule has 1 aromatic carbocycles. The van der Waals surface area contributed by atoms with Gasteiger partial charge in [0.2, 0.25) is 29.6 Å². The Hall–Kier alpha value is -10.3. The standard InChI is InChI=1S/C65H76N16O17S3/c1-8-39-30(3)41-24-44-50(33(6)82)31(4)40(74-44)22-37-21-35(54(71-37)52-53(63(92)97-7)57(86)51-32(5)42(76-55(51)52)23-43(39)73-41)12-16-48(84)80-81-65(93)98-18-19-99-100-28-46(62(90)91)77-60(88)45(25-49(85)67-17-20-101(94,95)96)75-47(83)15-9-29(2)70-59(87)34-10-13-36(14-11-34)68-26-38-27-69-58-56(72-38)61(89)79-64(66)78-58/h10-11,13-14,22-24,27,29-30,35,39,45-46,53,68,74,76H,8-9,12,15-21,25-26,28H2,1-7H3,(H,67,85)(H,70,87)(H,75,83)(H,77,88)(H,80,84)(H,81,93)(H,90,91)(H,94,95,96)(H3,66,69,78,79,89)/t29-,30-,35+,39-,45+,46+,53?/m1/s1. The first kappa shape index (κ1) is 74.9. The Morgan fingerprint density at radius 1 is 0.842 bits per heavy atom. The summed E-state index contributed by atoms with van der Waals surface area (Å²) in [6.45, 7) is 10.3. The molecule has 7 heterocycles. The highest BCUT2D eigenvalue weighted by atomic mass is 33.1. The molecule has 536 valence electrons. The molecule has 0 spiro atoms. The smallest absolute Gasteiger partial charge is 0.426 e. The molecule has 2 aliphatic heterocycles. The summed E-state index contributed by atoms with van der Waals surface area (Å²) in [5.74, 6) is -9.86. The third-order valence-electron chi connectivity index (χ3n) is 17.3. The van der Waals surface area contributed by atoms with Crippen molar-refractivity contribution in [2.24, 2.45) is 0 Å². The number of Topliss-reactive ketones (excluding diaryl/α,β-unsaturated/α-hetero) is 2. The number of ketones is 2. The number of aliphatic carboxylic acids is 1. The van der Waals surface area contributed by atoms with E-state index in [1.54, 1.807) is 38.1 Å². The number of carbonyl (C=O) groups excluding carboxylic acids is 9. The zero-order chi connectivity index (χ0) is 73.1. The number of aromatic amines is 3. The van der Waals surface area contributed by atoms with Crippen molar-refractivity contribution in [1.82, 2.24) is 72.0 Å². The minimum atomic E-state index is -4.49. The number of aromatic nitrogens is 8. The fourth-order valence-electron chi connectivity index (χ4n) is 12.1. The van der Waals surface area contributed by atoms with E-state index in [-0.39, 0.29) is 97.1 Å². The number of nitrogens with two attached hydrogens (primary N) is 1. The first-order valence-corrected chi connectivity index (χ1v) is 36.2. The number of carboxylic acid groups (broad SMARTS) is 1. The lowest BCUT2D eigenvalue weighted by molar-refractivity contribution is -0.142. The van der Waals surface area contributed by atoms with Crippen molar-refractivity contribution in [2.45, 2.75) is 135 Å². The summed E-state index contributed by atoms with van der Waals surface area (Å²) in [4.78, 5) is 177. The number of benzene rings is 1. The van der Waals surface area contributed by atoms with E-state index in [0.29, 0.717) is 72.7 Å². The number of rotatable bonds is 29. The van der Waals surface area contributed by atoms with Crippen LogP contribution in [0, 0.1) is 13.8 Å². The quantitative estimate of drug-likeness (QED) is 0.00588. The molecule has 9 rings (SSSR count). The van der Waals surface area contributed by atoms with Crippen molar-refractivity contribution in [3.05, 3.63) is 121 Å². The Morgan fingerprint density at radius 2 is 1.57 bits per heavy atom. The van der Waals surface area contributed by atoms with Gasteiger partial charge in [-0.05, 0) is 107 Å². The summed E-state index contributed by atoms with van der Waals surface area (Å²) < 4.78 is 42.1. The van der Waals surface area contributed by atoms with Crippen LogP contribution in [-0.2, 0) is 61.3 Å². The first-order chi connectivity index (χ1) is 48.0. The molecule has 6 amide bonds. The molecule has 1 unspecified atom stereocenters. The maximum Gasteiger partial charge on any atom is 0.426 e. The number of hydrazine groups is 1. The van der Waals surface area contributed by atoms with E-state index >= 15 is 0 Å². The van der Waals surface area contributed by atoms with Gasteiger partial charge < -0.3 is 56.9 Å². The topological polar surface area (TPSA) is 503 Å². The molecule has 3 aliphatic rings. The largest absolute Gasteiger partial charge is 0.480 e. The number of hydrogen-bond acceptors (Lipinski definition) is 24. The summed E-state index contributed by atoms with van der Waals surface area (Å²) in [5.41, 5.74) is 18.1. The van der Waals surface area contributed by atoms with Gasteiger partial charge in [-0.2, -0.15) is 13.4 Å². The Kier molecular flexibility index (Phi) is 24.3. The van der Waals surface area contributed by atoms with E-state index in [1.807, 2.05) is 25.1 Å². The number of methoxy groups -OCH3 is 1. The first-order valence-electron chi connectivity index (χ1n) is 32.1. The van der Waals surface area contributed by atoms with Gasteiger partial charge in [0.25, 0.3) is 21.6 Å². The number of nitrogens with zero attached hydrogens (tertiary/aromatic N) is 5. The molecular formula is C65H76N16O17S3. The highest BCUT2D eigenvalue weighted by Gasteiger charge is 2.45. The van der Waals surface area contributed by atoms with Gasteiger partial charge in [-0.15, -0.1) is 0 Å². The van der Waals surface area contributed by atoms with Gasteiger partial charge in [-0.25, -0.2) is 25.0 Å². The van der Waals surface area contributed by atoms with Crippen LogP contribution in [0.1, 0.15) is 166 Å². The second-order valence-electron chi connectivity index (χ2n) is 24.4. The minimum absolute atomic E-state index is 0.00390. The molecule has 6 aromatic rings. The van der Waals surface area contributed by atoms with E-state index < -0.39 is 118 Å². The van der Waals surface area contributed by atoms with Crippen LogP contribution in [0.5, 0.6) is 0 Å². The maximum atomic E-state index is 14.4. The summed E-state index contributed by atoms with van der Waals surface area (Å²) in [6.07, 6.45) is 0.317. The predicted molar refractivity (Wildman–Crippen MR) is 372 cm³/mol. The minimum Gasteiger partial charge on any atom is -0.480 e. The molecule has 101 heavy (non-hydrogen) atoms. The number of aryl methyl sites for hydroxylation is 2. The number of amides is 6. The second-order valence-corrected chi connectivity index (χ2v) is 28.6. The van der Waals surface area contributed by atoms with Crippen molar-refractivity contribution >= 4 is 136 Å². The molecule has 1 aliphatic carbocycles. The number of ether oxygens (including phenoxy) is 2. The molecule has 5 aromatic heterocycles. The zero-order valence-electron chi connectivity index (χ0n) is 55.9. The van der Waals surface area contributed by atoms with E-state index in [4.69, 9.17) is 29.7 Å². The Morgan fingerprint density at radius 3 is 2.28 bits per heavy atom. The van der Waals surface area contributed by atoms with Crippen LogP contribution >= 0.6 is 21.6 Å². The molecule has 0 fully saturated rings. The molecule has 7 atom stereocenters. The average molecular weight is 1450 g/mol. The van der Waals surface area contributed by atoms with Gasteiger partial charge in [0.1, 0.15) is 24.6 Å². The van der Waals surface area contributed by atoms with E-state index in [9.17, 15) is 66.3 Å².